The van der Waals surface area contributed by atoms with E-state index in [1.807, 2.05) is 0 Å². The van der Waals surface area contributed by atoms with Crippen LogP contribution in [0, 0.1) is 0 Å². The molecule has 2 amide bonds. The number of nitrogens with zero attached hydrogens (tertiary/aromatic N) is 4. The van der Waals surface area contributed by atoms with Crippen LogP contribution in [-0.4, -0.2) is 33.9 Å². The highest BCUT2D eigenvalue weighted by Gasteiger charge is 2.29. The third kappa shape index (κ3) is 3.68. The van der Waals surface area contributed by atoms with Gasteiger partial charge in [-0.1, -0.05) is 35.3 Å². The molecule has 2 aromatic heterocycles. The lowest BCUT2D eigenvalue weighted by molar-refractivity contribution is -0.106. The van der Waals surface area contributed by atoms with Gasteiger partial charge in [0.2, 0.25) is 6.41 Å². The van der Waals surface area contributed by atoms with Crippen LogP contribution in [0.3, 0.4) is 0 Å². The minimum absolute atomic E-state index is 0.0706. The Morgan fingerprint density at radius 2 is 2.04 bits per heavy atom. The first-order valence-corrected chi connectivity index (χ1v) is 9.19. The van der Waals surface area contributed by atoms with Crippen molar-refractivity contribution in [3.8, 4) is 17.1 Å². The lowest BCUT2D eigenvalue weighted by Crippen LogP contribution is -2.24. The summed E-state index contributed by atoms with van der Waals surface area (Å²) in [5.74, 6) is -0.549. The van der Waals surface area contributed by atoms with Crippen LogP contribution < -0.4 is 9.62 Å². The van der Waals surface area contributed by atoms with Crippen molar-refractivity contribution in [3.63, 3.8) is 0 Å². The van der Waals surface area contributed by atoms with Gasteiger partial charge < -0.3 is 5.32 Å². The van der Waals surface area contributed by atoms with Crippen molar-refractivity contribution in [2.75, 3.05) is 11.4 Å². The molecule has 3 aromatic rings. The maximum atomic E-state index is 13.3. The number of halogens is 3. The number of amides is 2. The van der Waals surface area contributed by atoms with Crippen molar-refractivity contribution in [1.29, 1.82) is 0 Å². The molecule has 0 bridgehead atoms. The molecule has 7 nitrogen and oxygen atoms in total. The van der Waals surface area contributed by atoms with Crippen LogP contribution in [-0.2, 0) is 4.79 Å². The summed E-state index contributed by atoms with van der Waals surface area (Å²) in [6, 6.07) is 9.95. The summed E-state index contributed by atoms with van der Waals surface area (Å²) in [4.78, 5) is 32.3. The normalized spacial score (nSPS) is 10.6. The van der Waals surface area contributed by atoms with Crippen LogP contribution >= 0.6 is 35.5 Å². The number of rotatable bonds is 6. The van der Waals surface area contributed by atoms with Crippen LogP contribution in [0.2, 0.25) is 10.2 Å². The van der Waals surface area contributed by atoms with E-state index in [-0.39, 0.29) is 41.2 Å². The smallest absolute Gasteiger partial charge is 0.271 e. The molecule has 0 saturated heterocycles. The number of carbonyl (C=O) groups excluding carboxylic acids is 2. The van der Waals surface area contributed by atoms with Gasteiger partial charge in [0.1, 0.15) is 11.0 Å². The van der Waals surface area contributed by atoms with E-state index in [0.29, 0.717) is 20.6 Å². The van der Waals surface area contributed by atoms with Crippen LogP contribution in [0.4, 0.5) is 9.70 Å². The number of hydrogen-bond donors (Lipinski definition) is 1. The molecule has 1 N–H and O–H groups in total. The minimum Gasteiger partial charge on any atom is -0.354 e. The van der Waals surface area contributed by atoms with E-state index in [1.165, 1.54) is 23.9 Å². The van der Waals surface area contributed by atoms with E-state index >= 15 is 0 Å². The minimum atomic E-state index is -0.586. The van der Waals surface area contributed by atoms with Gasteiger partial charge in [-0.3, -0.25) is 14.2 Å². The fraction of sp³-hybridized carbons (Fsp3) is 0.0588. The van der Waals surface area contributed by atoms with Crippen LogP contribution in [0.15, 0.2) is 42.6 Å². The number of anilines is 1. The molecule has 144 valence electrons. The Kier molecular flexibility index (Phi) is 6.18. The number of nitrogens with one attached hydrogen (secondary N) is 1. The predicted octanol–water partition coefficient (Wildman–Crippen LogP) is 4.10. The van der Waals surface area contributed by atoms with E-state index in [9.17, 15) is 13.5 Å². The quantitative estimate of drug-likeness (QED) is 0.355. The largest absolute Gasteiger partial charge is 0.354 e. The molecular formula is C17H12Cl2FN5O2S. The summed E-state index contributed by atoms with van der Waals surface area (Å²) < 4.78 is 15.4. The van der Waals surface area contributed by atoms with E-state index in [1.54, 1.807) is 30.3 Å². The lowest BCUT2D eigenvalue weighted by atomic mass is 10.2. The molecule has 0 atom stereocenters. The SMILES string of the molecule is CNC(=O)c1c(N(C=O)SF)nc(-c2ccccc2Cl)n1-c1ccc(Cl)nc1. The van der Waals surface area contributed by atoms with Gasteiger partial charge in [0.25, 0.3) is 5.91 Å². The van der Waals surface area contributed by atoms with Crippen LogP contribution in [0.25, 0.3) is 17.1 Å². The van der Waals surface area contributed by atoms with Gasteiger partial charge >= 0.3 is 0 Å². The van der Waals surface area contributed by atoms with Crippen molar-refractivity contribution in [2.45, 2.75) is 0 Å². The highest BCUT2D eigenvalue weighted by atomic mass is 35.5. The maximum absolute atomic E-state index is 13.3. The summed E-state index contributed by atoms with van der Waals surface area (Å²) in [6.07, 6.45) is 1.65. The van der Waals surface area contributed by atoms with Gasteiger partial charge in [0.15, 0.2) is 23.8 Å². The fourth-order valence-electron chi connectivity index (χ4n) is 2.56. The third-order valence-electron chi connectivity index (χ3n) is 3.76. The Bertz CT molecular complexity index is 1030. The lowest BCUT2D eigenvalue weighted by Gasteiger charge is -2.13. The number of benzene rings is 1. The van der Waals surface area contributed by atoms with Crippen LogP contribution in [0.1, 0.15) is 10.5 Å². The zero-order valence-corrected chi connectivity index (χ0v) is 16.6. The molecule has 0 saturated carbocycles. The molecule has 2 heterocycles. The van der Waals surface area contributed by atoms with Gasteiger partial charge in [-0.2, -0.15) is 0 Å². The van der Waals surface area contributed by atoms with Crippen molar-refractivity contribution in [2.24, 2.45) is 0 Å². The molecule has 0 radical (unpaired) electrons. The van der Waals surface area contributed by atoms with Gasteiger partial charge in [0, 0.05) is 12.6 Å². The zero-order valence-electron chi connectivity index (χ0n) is 14.3. The van der Waals surface area contributed by atoms with Crippen molar-refractivity contribution >= 4 is 53.7 Å². The summed E-state index contributed by atoms with van der Waals surface area (Å²) in [5.41, 5.74) is 0.829. The summed E-state index contributed by atoms with van der Waals surface area (Å²) in [7, 11) is 1.41. The highest BCUT2D eigenvalue weighted by molar-refractivity contribution is 7.96. The molecule has 0 fully saturated rings. The zero-order chi connectivity index (χ0) is 20.3. The van der Waals surface area contributed by atoms with Crippen molar-refractivity contribution < 1.29 is 13.5 Å². The Morgan fingerprint density at radius 3 is 2.61 bits per heavy atom. The summed E-state index contributed by atoms with van der Waals surface area (Å²) >= 11 is 11.8. The molecule has 28 heavy (non-hydrogen) atoms. The van der Waals surface area contributed by atoms with Gasteiger partial charge in [-0.25, -0.2) is 14.3 Å². The Hall–Kier alpha value is -2.62. The molecular weight excluding hydrogens is 428 g/mol. The third-order valence-corrected chi connectivity index (χ3v) is 4.73. The standard InChI is InChI=1S/C17H12Cl2FN5O2S/c1-21-17(27)14-16(24(9-26)28-20)23-15(11-4-2-3-5-12(11)18)25(14)10-6-7-13(19)22-8-10/h2-9H,1H3,(H,21,27). The van der Waals surface area contributed by atoms with Gasteiger partial charge in [-0.05, 0) is 24.3 Å². The van der Waals surface area contributed by atoms with E-state index in [4.69, 9.17) is 23.2 Å². The first kappa shape index (κ1) is 20.1. The summed E-state index contributed by atoms with van der Waals surface area (Å²) in [5, 5.41) is 3.08. The molecule has 3 rings (SSSR count). The molecule has 0 aliphatic heterocycles. The number of carbonyl (C=O) groups is 2. The molecule has 0 aliphatic carbocycles. The van der Waals surface area contributed by atoms with E-state index in [2.05, 4.69) is 15.3 Å². The number of imidazole rings is 1. The number of hydrogen-bond acceptors (Lipinski definition) is 5. The monoisotopic (exact) mass is 439 g/mol. The van der Waals surface area contributed by atoms with Gasteiger partial charge in [0.05, 0.1) is 16.9 Å². The van der Waals surface area contributed by atoms with E-state index < -0.39 is 5.91 Å². The topological polar surface area (TPSA) is 80.1 Å². The van der Waals surface area contributed by atoms with Crippen molar-refractivity contribution in [1.82, 2.24) is 19.9 Å². The predicted molar refractivity (Wildman–Crippen MR) is 107 cm³/mol. The second-order valence-corrected chi connectivity index (χ2v) is 6.67. The Morgan fingerprint density at radius 1 is 1.29 bits per heavy atom. The molecule has 11 heteroatoms. The maximum Gasteiger partial charge on any atom is 0.271 e. The van der Waals surface area contributed by atoms with Crippen LogP contribution in [0.5, 0.6) is 0 Å². The van der Waals surface area contributed by atoms with Crippen molar-refractivity contribution in [3.05, 3.63) is 58.5 Å². The second-order valence-electron chi connectivity index (χ2n) is 5.34. The van der Waals surface area contributed by atoms with E-state index in [0.717, 1.165) is 0 Å². The molecule has 0 aliphatic rings. The second kappa shape index (κ2) is 8.59. The fourth-order valence-corrected chi connectivity index (χ4v) is 3.12. The molecule has 0 spiro atoms. The highest BCUT2D eigenvalue weighted by Crippen LogP contribution is 2.36. The molecule has 0 unspecified atom stereocenters. The van der Waals surface area contributed by atoms with Gasteiger partial charge in [-0.15, -0.1) is 3.89 Å². The average Bonchev–Trinajstić information content (AvgIpc) is 3.09. The first-order valence-electron chi connectivity index (χ1n) is 7.76. The number of aromatic nitrogens is 3. The summed E-state index contributed by atoms with van der Waals surface area (Å²) in [6.45, 7) is 0. The number of pyridine rings is 1. The average molecular weight is 440 g/mol. The Balaban J connectivity index is 2.41. The molecule has 1 aromatic carbocycles. The first-order chi connectivity index (χ1) is 13.5. The Labute approximate surface area is 173 Å².